The quantitative estimate of drug-likeness (QED) is 0.579. The molecule has 23 heavy (non-hydrogen) atoms. The number of fused-ring (bicyclic) bond motifs is 1. The standard InChI is InChI=1S/C15H13FN6S/c1-3-21-9(2)8-12(19-21)14-20-22-13(17-18-15(22)23-14)10-6-4-5-7-11(10)16/h4-8H,3H2,1-2H3. The van der Waals surface area contributed by atoms with Gasteiger partial charge in [-0.25, -0.2) is 4.39 Å². The molecule has 1 aromatic carbocycles. The summed E-state index contributed by atoms with van der Waals surface area (Å²) in [4.78, 5) is 0.613. The van der Waals surface area contributed by atoms with Crippen LogP contribution in [0.2, 0.25) is 0 Å². The van der Waals surface area contributed by atoms with E-state index in [1.54, 1.807) is 22.7 Å². The molecule has 0 aliphatic heterocycles. The van der Waals surface area contributed by atoms with Crippen LogP contribution in [0.15, 0.2) is 30.3 Å². The molecule has 6 nitrogen and oxygen atoms in total. The lowest BCUT2D eigenvalue weighted by atomic mass is 10.2. The summed E-state index contributed by atoms with van der Waals surface area (Å²) in [5.41, 5.74) is 2.24. The largest absolute Gasteiger partial charge is 0.269 e. The van der Waals surface area contributed by atoms with Gasteiger partial charge in [0.05, 0.1) is 5.56 Å². The molecule has 0 amide bonds. The maximum atomic E-state index is 14.0. The van der Waals surface area contributed by atoms with Gasteiger partial charge in [0.15, 0.2) is 10.8 Å². The van der Waals surface area contributed by atoms with Crippen molar-refractivity contribution in [3.63, 3.8) is 0 Å². The Bertz CT molecular complexity index is 999. The molecule has 116 valence electrons. The monoisotopic (exact) mass is 328 g/mol. The molecule has 3 aromatic heterocycles. The summed E-state index contributed by atoms with van der Waals surface area (Å²) in [6.07, 6.45) is 0. The van der Waals surface area contributed by atoms with E-state index in [4.69, 9.17) is 0 Å². The molecule has 0 aliphatic rings. The molecular weight excluding hydrogens is 315 g/mol. The van der Waals surface area contributed by atoms with Crippen molar-refractivity contribution < 1.29 is 4.39 Å². The van der Waals surface area contributed by atoms with E-state index in [0.29, 0.717) is 16.3 Å². The van der Waals surface area contributed by atoms with Crippen molar-refractivity contribution in [2.45, 2.75) is 20.4 Å². The fourth-order valence-corrected chi connectivity index (χ4v) is 3.26. The Kier molecular flexibility index (Phi) is 3.19. The Morgan fingerprint density at radius 2 is 2.00 bits per heavy atom. The van der Waals surface area contributed by atoms with Crippen molar-refractivity contribution in [1.82, 2.24) is 29.6 Å². The van der Waals surface area contributed by atoms with Crippen molar-refractivity contribution in [2.75, 3.05) is 0 Å². The Morgan fingerprint density at radius 3 is 2.74 bits per heavy atom. The molecule has 0 bridgehead atoms. The van der Waals surface area contributed by atoms with Crippen molar-refractivity contribution >= 4 is 16.3 Å². The number of hydrogen-bond acceptors (Lipinski definition) is 5. The molecular formula is C15H13FN6S. The van der Waals surface area contributed by atoms with Crippen LogP contribution in [0.3, 0.4) is 0 Å². The second-order valence-electron chi connectivity index (χ2n) is 5.09. The molecule has 4 rings (SSSR count). The zero-order valence-electron chi connectivity index (χ0n) is 12.6. The van der Waals surface area contributed by atoms with Gasteiger partial charge in [0.2, 0.25) is 4.96 Å². The van der Waals surface area contributed by atoms with Gasteiger partial charge >= 0.3 is 0 Å². The number of rotatable bonds is 3. The Morgan fingerprint density at radius 1 is 1.17 bits per heavy atom. The van der Waals surface area contributed by atoms with E-state index in [0.717, 1.165) is 22.9 Å². The van der Waals surface area contributed by atoms with Crippen molar-refractivity contribution in [2.24, 2.45) is 0 Å². The normalized spacial score (nSPS) is 11.4. The van der Waals surface area contributed by atoms with Crippen LogP contribution >= 0.6 is 11.3 Å². The van der Waals surface area contributed by atoms with Crippen LogP contribution in [0, 0.1) is 12.7 Å². The smallest absolute Gasteiger partial charge is 0.235 e. The summed E-state index contributed by atoms with van der Waals surface area (Å²) in [6, 6.07) is 8.46. The van der Waals surface area contributed by atoms with Crippen LogP contribution in [0.1, 0.15) is 12.6 Å². The van der Waals surface area contributed by atoms with Crippen LogP contribution in [-0.2, 0) is 6.54 Å². The molecule has 8 heteroatoms. The molecule has 0 radical (unpaired) electrons. The Labute approximate surface area is 135 Å². The summed E-state index contributed by atoms with van der Waals surface area (Å²) in [5.74, 6) is 0.0506. The third-order valence-corrected chi connectivity index (χ3v) is 4.53. The van der Waals surface area contributed by atoms with Gasteiger partial charge in [0, 0.05) is 12.2 Å². The first-order valence-corrected chi connectivity index (χ1v) is 8.01. The minimum absolute atomic E-state index is 0.345. The van der Waals surface area contributed by atoms with Gasteiger partial charge in [0.1, 0.15) is 11.5 Å². The number of hydrogen-bond donors (Lipinski definition) is 0. The fourth-order valence-electron chi connectivity index (χ4n) is 2.47. The third-order valence-electron chi connectivity index (χ3n) is 3.61. The molecule has 0 saturated heterocycles. The van der Waals surface area contributed by atoms with Gasteiger partial charge in [-0.15, -0.1) is 10.2 Å². The zero-order valence-corrected chi connectivity index (χ0v) is 13.4. The Balaban J connectivity index is 1.85. The van der Waals surface area contributed by atoms with E-state index in [9.17, 15) is 4.39 Å². The average Bonchev–Trinajstić information content (AvgIpc) is 3.21. The lowest BCUT2D eigenvalue weighted by Crippen LogP contribution is -1.98. The Hall–Kier alpha value is -2.61. The lowest BCUT2D eigenvalue weighted by Gasteiger charge is -1.98. The average molecular weight is 328 g/mol. The predicted octanol–water partition coefficient (Wildman–Crippen LogP) is 3.18. The van der Waals surface area contributed by atoms with Crippen LogP contribution in [0.5, 0.6) is 0 Å². The number of nitrogens with zero attached hydrogens (tertiary/aromatic N) is 6. The summed E-state index contributed by atoms with van der Waals surface area (Å²) in [5, 5.41) is 17.9. The highest BCUT2D eigenvalue weighted by atomic mass is 32.1. The van der Waals surface area contributed by atoms with Gasteiger partial charge in [-0.3, -0.25) is 4.68 Å². The summed E-state index contributed by atoms with van der Waals surface area (Å²) in [6.45, 7) is 4.85. The van der Waals surface area contributed by atoms with E-state index in [-0.39, 0.29) is 5.82 Å². The van der Waals surface area contributed by atoms with Crippen LogP contribution in [0.4, 0.5) is 4.39 Å². The van der Waals surface area contributed by atoms with E-state index in [1.807, 2.05) is 24.6 Å². The highest BCUT2D eigenvalue weighted by Gasteiger charge is 2.18. The molecule has 4 aromatic rings. The third kappa shape index (κ3) is 2.22. The van der Waals surface area contributed by atoms with Crippen LogP contribution in [-0.4, -0.2) is 29.6 Å². The van der Waals surface area contributed by atoms with Crippen molar-refractivity contribution in [1.29, 1.82) is 0 Å². The van der Waals surface area contributed by atoms with Gasteiger partial charge in [-0.2, -0.15) is 14.7 Å². The van der Waals surface area contributed by atoms with Crippen molar-refractivity contribution in [3.05, 3.63) is 41.8 Å². The van der Waals surface area contributed by atoms with Gasteiger partial charge in [-0.05, 0) is 32.0 Å². The maximum absolute atomic E-state index is 14.0. The van der Waals surface area contributed by atoms with Crippen molar-refractivity contribution in [3.8, 4) is 22.1 Å². The number of aromatic nitrogens is 6. The SMILES string of the molecule is CCn1nc(-c2nn3c(-c4ccccc4F)nnc3s2)cc1C. The first kappa shape index (κ1) is 14.0. The van der Waals surface area contributed by atoms with Crippen LogP contribution < -0.4 is 0 Å². The van der Waals surface area contributed by atoms with E-state index < -0.39 is 0 Å². The topological polar surface area (TPSA) is 60.9 Å². The van der Waals surface area contributed by atoms with Gasteiger partial charge < -0.3 is 0 Å². The number of halogens is 1. The minimum Gasteiger partial charge on any atom is -0.269 e. The molecule has 0 N–H and O–H groups in total. The molecule has 3 heterocycles. The van der Waals surface area contributed by atoms with E-state index >= 15 is 0 Å². The first-order valence-electron chi connectivity index (χ1n) is 7.19. The molecule has 0 unspecified atom stereocenters. The molecule has 0 atom stereocenters. The minimum atomic E-state index is -0.345. The number of aryl methyl sites for hydroxylation is 2. The lowest BCUT2D eigenvalue weighted by molar-refractivity contribution is 0.629. The molecule has 0 saturated carbocycles. The molecule has 0 spiro atoms. The highest BCUT2D eigenvalue weighted by Crippen LogP contribution is 2.28. The van der Waals surface area contributed by atoms with Gasteiger partial charge in [0.25, 0.3) is 0 Å². The highest BCUT2D eigenvalue weighted by molar-refractivity contribution is 7.19. The molecule has 0 aliphatic carbocycles. The first-order chi connectivity index (χ1) is 11.2. The van der Waals surface area contributed by atoms with Gasteiger partial charge in [-0.1, -0.05) is 23.5 Å². The zero-order chi connectivity index (χ0) is 16.0. The summed E-state index contributed by atoms with van der Waals surface area (Å²) >= 11 is 1.38. The maximum Gasteiger partial charge on any atom is 0.235 e. The summed E-state index contributed by atoms with van der Waals surface area (Å²) < 4.78 is 17.5. The van der Waals surface area contributed by atoms with Crippen LogP contribution in [0.25, 0.3) is 27.1 Å². The van der Waals surface area contributed by atoms with E-state index in [2.05, 4.69) is 20.4 Å². The second kappa shape index (κ2) is 5.24. The molecule has 0 fully saturated rings. The fraction of sp³-hybridized carbons (Fsp3) is 0.200. The second-order valence-corrected chi connectivity index (χ2v) is 6.05. The van der Waals surface area contributed by atoms with E-state index in [1.165, 1.54) is 17.4 Å². The number of benzene rings is 1. The summed E-state index contributed by atoms with van der Waals surface area (Å²) in [7, 11) is 0. The predicted molar refractivity (Wildman–Crippen MR) is 85.7 cm³/mol.